The Kier molecular flexibility index (Phi) is 50.7. The number of hydrogen-bond acceptors (Lipinski definition) is 5. The molecule has 0 aromatic carbocycles. The zero-order valence-corrected chi connectivity index (χ0v) is 10.4. The van der Waals surface area contributed by atoms with Crippen molar-refractivity contribution < 1.29 is 68.8 Å². The second kappa shape index (κ2) is 23.8. The van der Waals surface area contributed by atoms with Gasteiger partial charge in [0.05, 0.1) is 0 Å². The standard InChI is InChI=1S/2C2H2O4.2H3N.H2O.O.Ti/c2*3-1(4)2(5)6;;;;;/h2*(H,3,4)(H,5,6);2*1H3;1H2;;/q;;;;;;+2/p+2. The first-order valence-electron chi connectivity index (χ1n) is 2.42. The third-order valence-electron chi connectivity index (χ3n) is 0.366. The molecule has 0 saturated heterocycles. The summed E-state index contributed by atoms with van der Waals surface area (Å²) in [6.45, 7) is 0. The van der Waals surface area contributed by atoms with E-state index in [1.807, 2.05) is 0 Å². The Morgan fingerprint density at radius 2 is 0.647 bits per heavy atom. The number of quaternary nitrogens is 2. The minimum absolute atomic E-state index is 0. The summed E-state index contributed by atoms with van der Waals surface area (Å²) < 4.78 is 8.25. The van der Waals surface area contributed by atoms with Crippen molar-refractivity contribution in [3.63, 3.8) is 0 Å². The van der Waals surface area contributed by atoms with Crippen molar-refractivity contribution in [1.82, 2.24) is 12.3 Å². The molecular weight excluding hydrogens is 284 g/mol. The molecule has 0 unspecified atom stereocenters. The summed E-state index contributed by atoms with van der Waals surface area (Å²) in [5.74, 6) is -7.30. The van der Waals surface area contributed by atoms with Crippen molar-refractivity contribution in [1.29, 1.82) is 0 Å². The first-order chi connectivity index (χ1) is 6.29. The molecule has 0 saturated carbocycles. The quantitative estimate of drug-likeness (QED) is 0.215. The van der Waals surface area contributed by atoms with Gasteiger partial charge in [-0.2, -0.15) is 0 Å². The molecule has 14 N–H and O–H groups in total. The zero-order valence-electron chi connectivity index (χ0n) is 8.83. The maximum atomic E-state index is 9.10. The normalized spacial score (nSPS) is 5.53. The Morgan fingerprint density at radius 3 is 0.647 bits per heavy atom. The fraction of sp³-hybridized carbons (Fsp3) is 0. The van der Waals surface area contributed by atoms with Crippen LogP contribution >= 0.6 is 0 Å². The van der Waals surface area contributed by atoms with Crippen molar-refractivity contribution in [3.05, 3.63) is 0 Å². The molecule has 0 aromatic rings. The van der Waals surface area contributed by atoms with Crippen molar-refractivity contribution in [2.75, 3.05) is 0 Å². The van der Waals surface area contributed by atoms with Gasteiger partial charge in [-0.25, -0.2) is 19.2 Å². The number of carboxylic acid groups (broad SMARTS) is 4. The third kappa shape index (κ3) is 54.6. The van der Waals surface area contributed by atoms with Gasteiger partial charge in [-0.05, 0) is 0 Å². The second-order valence-corrected chi connectivity index (χ2v) is 1.22. The fourth-order valence-corrected chi connectivity index (χ4v) is 0. The number of carboxylic acids is 4. The molecule has 13 heteroatoms. The van der Waals surface area contributed by atoms with Crippen LogP contribution in [0.15, 0.2) is 0 Å². The molecule has 0 aliphatic carbocycles. The molecule has 0 radical (unpaired) electrons. The molecule has 0 aliphatic rings. The molecule has 17 heavy (non-hydrogen) atoms. The second-order valence-electron chi connectivity index (χ2n) is 1.22. The van der Waals surface area contributed by atoms with E-state index < -0.39 is 23.9 Å². The van der Waals surface area contributed by atoms with Gasteiger partial charge in [0.15, 0.2) is 0 Å². The molecule has 0 bridgehead atoms. The van der Waals surface area contributed by atoms with Crippen LogP contribution < -0.4 is 12.3 Å². The van der Waals surface area contributed by atoms with E-state index in [1.54, 1.807) is 0 Å². The molecule has 100 valence electrons. The Balaban J connectivity index is -0.0000000268. The maximum absolute atomic E-state index is 9.10. The molecule has 0 rings (SSSR count). The van der Waals surface area contributed by atoms with Crippen LogP contribution in [0, 0.1) is 0 Å². The van der Waals surface area contributed by atoms with Crippen molar-refractivity contribution in [2.24, 2.45) is 0 Å². The van der Waals surface area contributed by atoms with Gasteiger partial charge in [-0.15, -0.1) is 0 Å². The monoisotopic (exact) mass is 298 g/mol. The van der Waals surface area contributed by atoms with E-state index in [2.05, 4.69) is 0 Å². The SMILES string of the molecule is O.O=C(O)C(=O)O.O=C(O)C(=O)O.[NH4+].[NH4+].[O]=[Ti+2]. The Labute approximate surface area is 105 Å². The van der Waals surface area contributed by atoms with Gasteiger partial charge < -0.3 is 38.2 Å². The van der Waals surface area contributed by atoms with Crippen LogP contribution in [0.5, 0.6) is 0 Å². The zero-order chi connectivity index (χ0) is 12.3. The first kappa shape index (κ1) is 36.2. The summed E-state index contributed by atoms with van der Waals surface area (Å²) in [4.78, 5) is 36.4. The van der Waals surface area contributed by atoms with Crippen molar-refractivity contribution in [2.45, 2.75) is 0 Å². The summed E-state index contributed by atoms with van der Waals surface area (Å²) in [6.07, 6.45) is 0. The molecule has 0 fully saturated rings. The predicted octanol–water partition coefficient (Wildman–Crippen LogP) is -1.88. The number of aliphatic carboxylic acids is 4. The van der Waals surface area contributed by atoms with Gasteiger partial charge in [0.2, 0.25) is 0 Å². The summed E-state index contributed by atoms with van der Waals surface area (Å²) >= 11 is 0.750. The average molecular weight is 298 g/mol. The molecule has 12 nitrogen and oxygen atoms in total. The molecule has 0 aliphatic heterocycles. The molecule has 0 amide bonds. The topological polar surface area (TPSA) is 271 Å². The van der Waals surface area contributed by atoms with Gasteiger partial charge in [-0.1, -0.05) is 0 Å². The molecule has 0 atom stereocenters. The first-order valence-corrected chi connectivity index (χ1v) is 3.05. The van der Waals surface area contributed by atoms with E-state index in [4.69, 9.17) is 42.9 Å². The van der Waals surface area contributed by atoms with Gasteiger partial charge in [0.1, 0.15) is 0 Å². The number of rotatable bonds is 0. The summed E-state index contributed by atoms with van der Waals surface area (Å²) in [7, 11) is 0. The van der Waals surface area contributed by atoms with E-state index in [0.717, 1.165) is 20.4 Å². The predicted molar refractivity (Wildman–Crippen MR) is 46.8 cm³/mol. The van der Waals surface area contributed by atoms with Crippen molar-refractivity contribution >= 4 is 23.9 Å². The van der Waals surface area contributed by atoms with E-state index in [0.29, 0.717) is 0 Å². The number of carbonyl (C=O) groups is 4. The van der Waals surface area contributed by atoms with Gasteiger partial charge in [0, 0.05) is 0 Å². The molecule has 0 aromatic heterocycles. The fourth-order valence-electron chi connectivity index (χ4n) is 0. The van der Waals surface area contributed by atoms with Gasteiger partial charge in [0.25, 0.3) is 0 Å². The van der Waals surface area contributed by atoms with Crippen LogP contribution in [0.1, 0.15) is 0 Å². The average Bonchev–Trinajstić information content (AvgIpc) is 2.08. The van der Waals surface area contributed by atoms with Crippen LogP contribution in [0.25, 0.3) is 0 Å². The van der Waals surface area contributed by atoms with Crippen LogP contribution in [0.4, 0.5) is 0 Å². The third-order valence-corrected chi connectivity index (χ3v) is 0.366. The molecule has 0 heterocycles. The van der Waals surface area contributed by atoms with Crippen LogP contribution in [0.3, 0.4) is 0 Å². The van der Waals surface area contributed by atoms with Crippen LogP contribution in [0.2, 0.25) is 0 Å². The van der Waals surface area contributed by atoms with Gasteiger partial charge >= 0.3 is 47.6 Å². The van der Waals surface area contributed by atoms with Crippen molar-refractivity contribution in [3.8, 4) is 0 Å². The van der Waals surface area contributed by atoms with Gasteiger partial charge in [-0.3, -0.25) is 0 Å². The van der Waals surface area contributed by atoms with E-state index in [1.165, 1.54) is 0 Å². The summed E-state index contributed by atoms with van der Waals surface area (Å²) in [5.41, 5.74) is 0. The number of hydrogen-bond donors (Lipinski definition) is 6. The summed E-state index contributed by atoms with van der Waals surface area (Å²) in [5, 5.41) is 29.6. The molecule has 0 spiro atoms. The minimum atomic E-state index is -1.82. The van der Waals surface area contributed by atoms with E-state index in [9.17, 15) is 0 Å². The van der Waals surface area contributed by atoms with E-state index in [-0.39, 0.29) is 17.8 Å². The Morgan fingerprint density at radius 1 is 0.588 bits per heavy atom. The Hall–Kier alpha value is -1.73. The summed E-state index contributed by atoms with van der Waals surface area (Å²) in [6, 6.07) is 0. The van der Waals surface area contributed by atoms with Crippen LogP contribution in [-0.4, -0.2) is 49.8 Å². The van der Waals surface area contributed by atoms with E-state index >= 15 is 0 Å². The molecular formula is C4H14N2O10Ti+4. The van der Waals surface area contributed by atoms with Crippen LogP contribution in [-0.2, 0) is 42.9 Å². The Bertz CT molecular complexity index is 194.